The Kier molecular flexibility index (Phi) is 5.16. The highest BCUT2D eigenvalue weighted by Gasteiger charge is 2.31. The van der Waals surface area contributed by atoms with Crippen molar-refractivity contribution in [1.82, 2.24) is 19.9 Å². The van der Waals surface area contributed by atoms with Crippen LogP contribution in [0.4, 0.5) is 0 Å². The van der Waals surface area contributed by atoms with Crippen LogP contribution in [0.5, 0.6) is 0 Å². The molecule has 1 fully saturated rings. The number of aromatic nitrogens is 2. The number of carbonyl (C=O) groups is 1. The van der Waals surface area contributed by atoms with Crippen molar-refractivity contribution in [2.45, 2.75) is 32.9 Å². The predicted octanol–water partition coefficient (Wildman–Crippen LogP) is 2.83. The van der Waals surface area contributed by atoms with Gasteiger partial charge in [-0.2, -0.15) is 4.98 Å². The van der Waals surface area contributed by atoms with Crippen molar-refractivity contribution in [2.75, 3.05) is 19.6 Å². The van der Waals surface area contributed by atoms with Crippen molar-refractivity contribution in [1.29, 1.82) is 0 Å². The molecule has 3 rings (SSSR count). The molecule has 1 unspecified atom stereocenters. The molecule has 0 saturated carbocycles. The van der Waals surface area contributed by atoms with Gasteiger partial charge >= 0.3 is 0 Å². The second-order valence-corrected chi connectivity index (χ2v) is 6.47. The fourth-order valence-corrected chi connectivity index (χ4v) is 3.28. The summed E-state index contributed by atoms with van der Waals surface area (Å²) in [6.45, 7) is 6.38. The molecule has 1 saturated heterocycles. The van der Waals surface area contributed by atoms with Crippen LogP contribution in [0.2, 0.25) is 5.02 Å². The van der Waals surface area contributed by atoms with Crippen molar-refractivity contribution in [3.05, 3.63) is 46.6 Å². The molecule has 2 heterocycles. The van der Waals surface area contributed by atoms with Gasteiger partial charge in [0.05, 0.1) is 0 Å². The first-order chi connectivity index (χ1) is 11.5. The molecule has 0 N–H and O–H groups in total. The molecule has 0 radical (unpaired) electrons. The van der Waals surface area contributed by atoms with Gasteiger partial charge in [0.15, 0.2) is 5.82 Å². The van der Waals surface area contributed by atoms with Crippen LogP contribution in [0.1, 0.15) is 36.7 Å². The van der Waals surface area contributed by atoms with Gasteiger partial charge in [-0.15, -0.1) is 0 Å². The predicted molar refractivity (Wildman–Crippen MR) is 90.5 cm³/mol. The van der Waals surface area contributed by atoms with E-state index in [1.807, 2.05) is 29.2 Å². The molecule has 7 heteroatoms. The average Bonchev–Trinajstić information content (AvgIpc) is 2.86. The van der Waals surface area contributed by atoms with Gasteiger partial charge in [-0.3, -0.25) is 9.69 Å². The monoisotopic (exact) mass is 348 g/mol. The van der Waals surface area contributed by atoms with Crippen molar-refractivity contribution in [3.8, 4) is 0 Å². The summed E-state index contributed by atoms with van der Waals surface area (Å²) in [5.41, 5.74) is 1.10. The van der Waals surface area contributed by atoms with E-state index in [1.54, 1.807) is 13.8 Å². The molecule has 2 aromatic rings. The summed E-state index contributed by atoms with van der Waals surface area (Å²) in [5, 5.41) is 4.63. The summed E-state index contributed by atoms with van der Waals surface area (Å²) in [5.74, 6) is 1.13. The van der Waals surface area contributed by atoms with Crippen LogP contribution < -0.4 is 0 Å². The maximum atomic E-state index is 12.1. The number of nitrogens with zero attached hydrogens (tertiary/aromatic N) is 4. The fraction of sp³-hybridized carbons (Fsp3) is 0.471. The third-order valence-electron chi connectivity index (χ3n) is 4.34. The van der Waals surface area contributed by atoms with Gasteiger partial charge in [-0.05, 0) is 25.0 Å². The normalized spacial score (nSPS) is 19.3. The zero-order valence-electron chi connectivity index (χ0n) is 13.9. The van der Waals surface area contributed by atoms with Gasteiger partial charge in [0.2, 0.25) is 11.8 Å². The lowest BCUT2D eigenvalue weighted by Gasteiger charge is -2.25. The number of halogens is 1. The van der Waals surface area contributed by atoms with E-state index < -0.39 is 0 Å². The quantitative estimate of drug-likeness (QED) is 0.853. The highest BCUT2D eigenvalue weighted by Crippen LogP contribution is 2.27. The second kappa shape index (κ2) is 7.32. The van der Waals surface area contributed by atoms with Crippen molar-refractivity contribution >= 4 is 17.5 Å². The number of aryl methyl sites for hydroxylation is 1. The standard InChI is InChI=1S/C17H21ClN4O2/c1-12-19-17(24-20-12)16-7-8-21(9-10-22(16)13(2)23)11-14-5-3-4-6-15(14)18/h3-6,16H,7-11H2,1-2H3. The number of carbonyl (C=O) groups excluding carboxylic acids is 1. The molecular formula is C17H21ClN4O2. The Morgan fingerprint density at radius 1 is 1.33 bits per heavy atom. The van der Waals surface area contributed by atoms with Crippen molar-refractivity contribution < 1.29 is 9.32 Å². The fourth-order valence-electron chi connectivity index (χ4n) is 3.09. The van der Waals surface area contributed by atoms with E-state index >= 15 is 0 Å². The minimum atomic E-state index is -0.167. The lowest BCUT2D eigenvalue weighted by atomic mass is 10.1. The summed E-state index contributed by atoms with van der Waals surface area (Å²) in [4.78, 5) is 20.5. The lowest BCUT2D eigenvalue weighted by Crippen LogP contribution is -2.35. The van der Waals surface area contributed by atoms with E-state index in [0.717, 1.165) is 36.6 Å². The summed E-state index contributed by atoms with van der Waals surface area (Å²) in [6.07, 6.45) is 0.756. The van der Waals surface area contributed by atoms with Crippen LogP contribution >= 0.6 is 11.6 Å². The zero-order chi connectivity index (χ0) is 17.1. The highest BCUT2D eigenvalue weighted by atomic mass is 35.5. The van der Waals surface area contributed by atoms with Gasteiger partial charge in [-0.1, -0.05) is 35.0 Å². The van der Waals surface area contributed by atoms with E-state index in [-0.39, 0.29) is 11.9 Å². The van der Waals surface area contributed by atoms with Gasteiger partial charge in [0.25, 0.3) is 0 Å². The van der Waals surface area contributed by atoms with Gasteiger partial charge < -0.3 is 9.42 Å². The van der Waals surface area contributed by atoms with Gasteiger partial charge in [0, 0.05) is 38.1 Å². The van der Waals surface area contributed by atoms with Crippen LogP contribution in [0.25, 0.3) is 0 Å². The van der Waals surface area contributed by atoms with Crippen LogP contribution in [0, 0.1) is 6.92 Å². The number of hydrogen-bond acceptors (Lipinski definition) is 5. The van der Waals surface area contributed by atoms with Gasteiger partial charge in [-0.25, -0.2) is 0 Å². The van der Waals surface area contributed by atoms with Crippen molar-refractivity contribution in [2.24, 2.45) is 0 Å². The molecule has 128 valence electrons. The molecule has 1 aromatic heterocycles. The number of rotatable bonds is 3. The van der Waals surface area contributed by atoms with Gasteiger partial charge in [0.1, 0.15) is 6.04 Å². The zero-order valence-corrected chi connectivity index (χ0v) is 14.7. The molecule has 0 spiro atoms. The molecule has 1 atom stereocenters. The Hall–Kier alpha value is -1.92. The molecular weight excluding hydrogens is 328 g/mol. The third kappa shape index (κ3) is 3.76. The topological polar surface area (TPSA) is 62.5 Å². The maximum absolute atomic E-state index is 12.1. The first-order valence-electron chi connectivity index (χ1n) is 8.08. The Bertz CT molecular complexity index is 718. The molecule has 24 heavy (non-hydrogen) atoms. The average molecular weight is 349 g/mol. The maximum Gasteiger partial charge on any atom is 0.249 e. The van der Waals surface area contributed by atoms with E-state index in [9.17, 15) is 4.79 Å². The Morgan fingerprint density at radius 2 is 2.12 bits per heavy atom. The molecule has 1 aromatic carbocycles. The first-order valence-corrected chi connectivity index (χ1v) is 8.45. The Labute approximate surface area is 146 Å². The van der Waals surface area contributed by atoms with Crippen molar-refractivity contribution in [3.63, 3.8) is 0 Å². The summed E-state index contributed by atoms with van der Waals surface area (Å²) < 4.78 is 5.32. The minimum absolute atomic E-state index is 0.0236. The van der Waals surface area contributed by atoms with Crippen LogP contribution in [-0.4, -0.2) is 45.5 Å². The lowest BCUT2D eigenvalue weighted by molar-refractivity contribution is -0.131. The number of benzene rings is 1. The third-order valence-corrected chi connectivity index (χ3v) is 4.71. The molecule has 1 aliphatic rings. The summed E-state index contributed by atoms with van der Waals surface area (Å²) in [6, 6.07) is 7.69. The smallest absolute Gasteiger partial charge is 0.249 e. The van der Waals surface area contributed by atoms with Crippen LogP contribution in [-0.2, 0) is 11.3 Å². The second-order valence-electron chi connectivity index (χ2n) is 6.06. The van der Waals surface area contributed by atoms with Crippen LogP contribution in [0.15, 0.2) is 28.8 Å². The Balaban J connectivity index is 1.75. The molecule has 1 amide bonds. The molecule has 6 nitrogen and oxygen atoms in total. The van der Waals surface area contributed by atoms with E-state index in [0.29, 0.717) is 18.3 Å². The van der Waals surface area contributed by atoms with Crippen LogP contribution in [0.3, 0.4) is 0 Å². The molecule has 0 aliphatic carbocycles. The summed E-state index contributed by atoms with van der Waals surface area (Å²) >= 11 is 6.27. The SMILES string of the molecule is CC(=O)N1CCN(Cc2ccccc2Cl)CCC1c1nc(C)no1. The van der Waals surface area contributed by atoms with E-state index in [1.165, 1.54) is 0 Å². The largest absolute Gasteiger partial charge is 0.337 e. The first kappa shape index (κ1) is 16.9. The van der Waals surface area contributed by atoms with E-state index in [4.69, 9.17) is 16.1 Å². The molecule has 0 bridgehead atoms. The minimum Gasteiger partial charge on any atom is -0.337 e. The molecule has 1 aliphatic heterocycles. The number of hydrogen-bond donors (Lipinski definition) is 0. The van der Waals surface area contributed by atoms with E-state index in [2.05, 4.69) is 15.0 Å². The Morgan fingerprint density at radius 3 is 2.79 bits per heavy atom. The number of amides is 1. The summed E-state index contributed by atoms with van der Waals surface area (Å²) in [7, 11) is 0. The highest BCUT2D eigenvalue weighted by molar-refractivity contribution is 6.31.